The van der Waals surface area contributed by atoms with E-state index in [1.807, 2.05) is 13.8 Å². The molecular weight excluding hydrogens is 268 g/mol. The van der Waals surface area contributed by atoms with Crippen LogP contribution in [-0.4, -0.2) is 22.0 Å². The number of furan rings is 1. The van der Waals surface area contributed by atoms with E-state index in [9.17, 15) is 9.59 Å². The first kappa shape index (κ1) is 13.3. The number of carbonyl (C=O) groups excluding carboxylic acids is 1. The van der Waals surface area contributed by atoms with Crippen molar-refractivity contribution in [2.45, 2.75) is 20.3 Å². The van der Waals surface area contributed by atoms with Gasteiger partial charge in [-0.2, -0.15) is 0 Å². The van der Waals surface area contributed by atoms with Gasteiger partial charge < -0.3 is 9.52 Å². The molecular formula is C12H12N2O4S. The molecule has 2 aromatic heterocycles. The number of amides is 1. The predicted molar refractivity (Wildman–Crippen MR) is 69.8 cm³/mol. The molecule has 0 spiro atoms. The summed E-state index contributed by atoms with van der Waals surface area (Å²) in [7, 11) is 0. The van der Waals surface area contributed by atoms with Crippen molar-refractivity contribution in [2.75, 3.05) is 5.32 Å². The number of hydrogen-bond donors (Lipinski definition) is 2. The Balaban J connectivity index is 2.13. The fourth-order valence-electron chi connectivity index (χ4n) is 1.54. The molecule has 0 aliphatic heterocycles. The van der Waals surface area contributed by atoms with Crippen LogP contribution in [0.2, 0.25) is 0 Å². The molecule has 2 aromatic rings. The second kappa shape index (κ2) is 5.23. The number of aryl methyl sites for hydroxylation is 2. The van der Waals surface area contributed by atoms with Crippen LogP contribution in [0.4, 0.5) is 5.13 Å². The van der Waals surface area contributed by atoms with Crippen molar-refractivity contribution in [3.63, 3.8) is 0 Å². The number of hydrogen-bond acceptors (Lipinski definition) is 5. The molecule has 0 radical (unpaired) electrons. The molecule has 0 saturated heterocycles. The third-order valence-electron chi connectivity index (χ3n) is 2.49. The second-order valence-corrected chi connectivity index (χ2v) is 5.00. The first-order valence-electron chi connectivity index (χ1n) is 5.62. The number of rotatable bonds is 4. The zero-order valence-electron chi connectivity index (χ0n) is 10.4. The van der Waals surface area contributed by atoms with Crippen LogP contribution in [0.5, 0.6) is 0 Å². The highest BCUT2D eigenvalue weighted by Gasteiger charge is 2.16. The Hall–Kier alpha value is -2.15. The summed E-state index contributed by atoms with van der Waals surface area (Å²) in [5.74, 6) is -2.04. The highest BCUT2D eigenvalue weighted by Crippen LogP contribution is 2.23. The number of nitrogens with zero attached hydrogens (tertiary/aromatic N) is 1. The molecule has 100 valence electrons. The lowest BCUT2D eigenvalue weighted by Crippen LogP contribution is -2.10. The molecule has 2 heterocycles. The number of nitrogens with one attached hydrogen (secondary N) is 1. The van der Waals surface area contributed by atoms with Crippen molar-refractivity contribution in [1.29, 1.82) is 0 Å². The van der Waals surface area contributed by atoms with Crippen molar-refractivity contribution in [3.05, 3.63) is 34.2 Å². The van der Waals surface area contributed by atoms with Crippen molar-refractivity contribution in [1.82, 2.24) is 4.98 Å². The van der Waals surface area contributed by atoms with Crippen LogP contribution in [0, 0.1) is 6.92 Å². The van der Waals surface area contributed by atoms with E-state index in [2.05, 4.69) is 10.3 Å². The number of carbonyl (C=O) groups is 2. The summed E-state index contributed by atoms with van der Waals surface area (Å²) in [5.41, 5.74) is 0.936. The fraction of sp³-hybridized carbons (Fsp3) is 0.250. The van der Waals surface area contributed by atoms with E-state index in [0.29, 0.717) is 5.13 Å². The molecule has 0 saturated carbocycles. The highest BCUT2D eigenvalue weighted by molar-refractivity contribution is 7.15. The summed E-state index contributed by atoms with van der Waals surface area (Å²) >= 11 is 1.37. The Bertz CT molecular complexity index is 629. The summed E-state index contributed by atoms with van der Waals surface area (Å²) in [6.07, 6.45) is 0.794. The van der Waals surface area contributed by atoms with Gasteiger partial charge in [0.1, 0.15) is 0 Å². The third-order valence-corrected chi connectivity index (χ3v) is 3.42. The van der Waals surface area contributed by atoms with E-state index in [1.54, 1.807) is 0 Å². The van der Waals surface area contributed by atoms with Gasteiger partial charge in [-0.05, 0) is 25.5 Å². The molecule has 0 bridgehead atoms. The smallest absolute Gasteiger partial charge is 0.371 e. The molecule has 2 N–H and O–H groups in total. The average molecular weight is 280 g/mol. The van der Waals surface area contributed by atoms with Gasteiger partial charge >= 0.3 is 5.97 Å². The maximum atomic E-state index is 11.8. The van der Waals surface area contributed by atoms with Crippen molar-refractivity contribution in [3.8, 4) is 0 Å². The molecule has 1 amide bonds. The molecule has 0 aliphatic carbocycles. The van der Waals surface area contributed by atoms with Crippen LogP contribution in [0.25, 0.3) is 0 Å². The predicted octanol–water partition coefficient (Wildman–Crippen LogP) is 2.56. The lowest BCUT2D eigenvalue weighted by Gasteiger charge is -1.97. The largest absolute Gasteiger partial charge is 0.475 e. The van der Waals surface area contributed by atoms with Crippen molar-refractivity contribution < 1.29 is 19.1 Å². The number of anilines is 1. The van der Waals surface area contributed by atoms with Gasteiger partial charge in [-0.15, -0.1) is 11.3 Å². The number of aromatic carboxylic acids is 1. The van der Waals surface area contributed by atoms with Crippen LogP contribution in [0.1, 0.15) is 38.6 Å². The van der Waals surface area contributed by atoms with Crippen LogP contribution in [0.3, 0.4) is 0 Å². The zero-order valence-corrected chi connectivity index (χ0v) is 11.2. The van der Waals surface area contributed by atoms with Crippen LogP contribution >= 0.6 is 11.3 Å². The summed E-state index contributed by atoms with van der Waals surface area (Å²) < 4.78 is 4.91. The number of carboxylic acid groups (broad SMARTS) is 1. The maximum absolute atomic E-state index is 11.8. The summed E-state index contributed by atoms with van der Waals surface area (Å²) in [6.45, 7) is 3.92. The van der Waals surface area contributed by atoms with Gasteiger partial charge in [-0.25, -0.2) is 9.78 Å². The number of aromatic nitrogens is 1. The van der Waals surface area contributed by atoms with Crippen LogP contribution in [0.15, 0.2) is 16.5 Å². The van der Waals surface area contributed by atoms with Gasteiger partial charge in [0.05, 0.1) is 5.69 Å². The number of thiazole rings is 1. The first-order chi connectivity index (χ1) is 9.01. The standard InChI is InChI=1S/C12H12N2O4S/c1-3-7-6(2)19-12(13-7)14-10(15)8-4-5-9(18-8)11(16)17/h4-5H,3H2,1-2H3,(H,16,17)(H,13,14,15). The zero-order chi connectivity index (χ0) is 14.0. The molecule has 0 aliphatic rings. The monoisotopic (exact) mass is 280 g/mol. The average Bonchev–Trinajstić information content (AvgIpc) is 2.95. The minimum absolute atomic E-state index is 0.0525. The van der Waals surface area contributed by atoms with Crippen LogP contribution < -0.4 is 5.32 Å². The Kier molecular flexibility index (Phi) is 3.66. The molecule has 0 aromatic carbocycles. The van der Waals surface area contributed by atoms with Gasteiger partial charge in [0.2, 0.25) is 5.76 Å². The topological polar surface area (TPSA) is 92.4 Å². The SMILES string of the molecule is CCc1nc(NC(=O)c2ccc(C(=O)O)o2)sc1C. The maximum Gasteiger partial charge on any atom is 0.371 e. The quantitative estimate of drug-likeness (QED) is 0.897. The minimum Gasteiger partial charge on any atom is -0.475 e. The van der Waals surface area contributed by atoms with Gasteiger partial charge in [-0.1, -0.05) is 6.92 Å². The lowest BCUT2D eigenvalue weighted by molar-refractivity contribution is 0.0660. The fourth-order valence-corrected chi connectivity index (χ4v) is 2.44. The first-order valence-corrected chi connectivity index (χ1v) is 6.43. The Morgan fingerprint density at radius 3 is 2.63 bits per heavy atom. The molecule has 0 atom stereocenters. The highest BCUT2D eigenvalue weighted by atomic mass is 32.1. The van der Waals surface area contributed by atoms with Gasteiger partial charge in [0.25, 0.3) is 5.91 Å². The molecule has 2 rings (SSSR count). The Morgan fingerprint density at radius 1 is 1.42 bits per heavy atom. The van der Waals surface area contributed by atoms with Gasteiger partial charge in [-0.3, -0.25) is 10.1 Å². The molecule has 0 unspecified atom stereocenters. The summed E-state index contributed by atoms with van der Waals surface area (Å²) in [6, 6.07) is 2.56. The molecule has 7 heteroatoms. The van der Waals surface area contributed by atoms with E-state index in [4.69, 9.17) is 9.52 Å². The van der Waals surface area contributed by atoms with Gasteiger partial charge in [0, 0.05) is 4.88 Å². The summed E-state index contributed by atoms with van der Waals surface area (Å²) in [5, 5.41) is 11.8. The molecule has 0 fully saturated rings. The molecule has 19 heavy (non-hydrogen) atoms. The minimum atomic E-state index is -1.21. The Labute approximate surface area is 113 Å². The van der Waals surface area contributed by atoms with Crippen LogP contribution in [-0.2, 0) is 6.42 Å². The van der Waals surface area contributed by atoms with E-state index in [0.717, 1.165) is 17.0 Å². The lowest BCUT2D eigenvalue weighted by atomic mass is 10.3. The number of carboxylic acids is 1. The third kappa shape index (κ3) is 2.82. The Morgan fingerprint density at radius 2 is 2.11 bits per heavy atom. The van der Waals surface area contributed by atoms with E-state index in [1.165, 1.54) is 23.5 Å². The second-order valence-electron chi connectivity index (χ2n) is 3.80. The van der Waals surface area contributed by atoms with Crippen molar-refractivity contribution >= 4 is 28.3 Å². The van der Waals surface area contributed by atoms with E-state index >= 15 is 0 Å². The normalized spacial score (nSPS) is 10.4. The van der Waals surface area contributed by atoms with E-state index in [-0.39, 0.29) is 11.5 Å². The molecule has 6 nitrogen and oxygen atoms in total. The van der Waals surface area contributed by atoms with E-state index < -0.39 is 11.9 Å². The summed E-state index contributed by atoms with van der Waals surface area (Å²) in [4.78, 5) is 27.8. The van der Waals surface area contributed by atoms with Gasteiger partial charge in [0.15, 0.2) is 10.9 Å². The van der Waals surface area contributed by atoms with Crippen molar-refractivity contribution in [2.24, 2.45) is 0 Å².